The van der Waals surface area contributed by atoms with E-state index in [1.54, 1.807) is 0 Å². The van der Waals surface area contributed by atoms with E-state index in [2.05, 4.69) is 5.32 Å². The van der Waals surface area contributed by atoms with Crippen LogP contribution >= 0.6 is 11.6 Å². The maximum atomic E-state index is 14.2. The Hall–Kier alpha value is -3.38. The van der Waals surface area contributed by atoms with Crippen molar-refractivity contribution in [2.24, 2.45) is 0 Å². The molecule has 0 aromatic heterocycles. The number of carboxylic acids is 1. The number of carbonyl (C=O) groups is 2. The Morgan fingerprint density at radius 2 is 1.65 bits per heavy atom. The van der Waals surface area contributed by atoms with Crippen molar-refractivity contribution in [1.82, 2.24) is 5.32 Å². The van der Waals surface area contributed by atoms with Gasteiger partial charge in [0.1, 0.15) is 12.4 Å². The van der Waals surface area contributed by atoms with E-state index >= 15 is 0 Å². The summed E-state index contributed by atoms with van der Waals surface area (Å²) in [5, 5.41) is 11.9. The molecule has 1 aliphatic rings. The van der Waals surface area contributed by atoms with Crippen LogP contribution < -0.4 is 5.32 Å². The summed E-state index contributed by atoms with van der Waals surface area (Å²) in [6, 6.07) is 18.5. The molecule has 31 heavy (non-hydrogen) atoms. The van der Waals surface area contributed by atoms with E-state index in [-0.39, 0.29) is 23.1 Å². The molecular weight excluding hydrogens is 421 g/mol. The zero-order chi connectivity index (χ0) is 22.0. The number of halogens is 2. The Balaban J connectivity index is 1.50. The van der Waals surface area contributed by atoms with Crippen molar-refractivity contribution >= 4 is 23.7 Å². The number of alkyl carbamates (subject to hydrolysis) is 1. The minimum atomic E-state index is -1.19. The van der Waals surface area contributed by atoms with Crippen molar-refractivity contribution in [2.45, 2.75) is 18.4 Å². The maximum Gasteiger partial charge on any atom is 0.407 e. The molecule has 0 radical (unpaired) electrons. The molecule has 5 nitrogen and oxygen atoms in total. The van der Waals surface area contributed by atoms with Crippen LogP contribution in [0.5, 0.6) is 0 Å². The fourth-order valence-corrected chi connectivity index (χ4v) is 4.16. The number of carbonyl (C=O) groups excluding carboxylic acids is 1. The van der Waals surface area contributed by atoms with Gasteiger partial charge in [-0.05, 0) is 40.5 Å². The number of hydrogen-bond donors (Lipinski definition) is 2. The molecule has 1 amide bonds. The molecule has 0 heterocycles. The van der Waals surface area contributed by atoms with Crippen molar-refractivity contribution in [3.05, 3.63) is 94.3 Å². The first-order chi connectivity index (χ1) is 14.9. The van der Waals surface area contributed by atoms with Gasteiger partial charge in [0.15, 0.2) is 0 Å². The molecule has 0 fully saturated rings. The smallest absolute Gasteiger partial charge is 0.407 e. The Morgan fingerprint density at radius 1 is 1.03 bits per heavy atom. The Labute approximate surface area is 183 Å². The highest BCUT2D eigenvalue weighted by Crippen LogP contribution is 2.44. The summed E-state index contributed by atoms with van der Waals surface area (Å²) >= 11 is 5.92. The molecular formula is C24H19ClFNO4. The second kappa shape index (κ2) is 8.78. The summed E-state index contributed by atoms with van der Waals surface area (Å²) < 4.78 is 19.7. The third-order valence-electron chi connectivity index (χ3n) is 5.35. The van der Waals surface area contributed by atoms with Crippen molar-refractivity contribution in [3.8, 4) is 11.1 Å². The minimum absolute atomic E-state index is 0.0107. The third kappa shape index (κ3) is 4.39. The van der Waals surface area contributed by atoms with E-state index in [9.17, 15) is 19.1 Å². The summed E-state index contributed by atoms with van der Waals surface area (Å²) in [7, 11) is 0. The highest BCUT2D eigenvalue weighted by atomic mass is 35.5. The SMILES string of the molecule is O=C(O)C[C@@H](NC(=O)OCC1c2ccccc2-c2ccccc21)c1cc(Cl)ccc1F. The van der Waals surface area contributed by atoms with Crippen LogP contribution in [0.2, 0.25) is 5.02 Å². The average Bonchev–Trinajstić information content (AvgIpc) is 3.07. The van der Waals surface area contributed by atoms with Crippen LogP contribution in [0.25, 0.3) is 11.1 Å². The van der Waals surface area contributed by atoms with E-state index in [0.29, 0.717) is 0 Å². The Morgan fingerprint density at radius 3 is 2.26 bits per heavy atom. The topological polar surface area (TPSA) is 75.6 Å². The third-order valence-corrected chi connectivity index (χ3v) is 5.58. The zero-order valence-corrected chi connectivity index (χ0v) is 17.1. The lowest BCUT2D eigenvalue weighted by atomic mass is 9.98. The predicted molar refractivity (Wildman–Crippen MR) is 115 cm³/mol. The largest absolute Gasteiger partial charge is 0.481 e. The van der Waals surface area contributed by atoms with Crippen LogP contribution in [0.3, 0.4) is 0 Å². The van der Waals surface area contributed by atoms with Crippen LogP contribution in [0, 0.1) is 5.82 Å². The monoisotopic (exact) mass is 439 g/mol. The number of ether oxygens (including phenoxy) is 1. The van der Waals surface area contributed by atoms with Gasteiger partial charge in [-0.1, -0.05) is 60.1 Å². The standard InChI is InChI=1S/C24H19ClFNO4/c25-14-9-10-21(26)19(11-14)22(12-23(28)29)27-24(30)31-13-20-17-7-3-1-5-15(17)16-6-2-4-8-18(16)20/h1-11,20,22H,12-13H2,(H,27,30)(H,28,29)/t22-/m1/s1. The summed E-state index contributed by atoms with van der Waals surface area (Å²) in [4.78, 5) is 23.8. The number of benzene rings is 3. The molecule has 7 heteroatoms. The summed E-state index contributed by atoms with van der Waals surface area (Å²) in [6.07, 6.45) is -1.34. The number of amides is 1. The van der Waals surface area contributed by atoms with Gasteiger partial charge in [0.05, 0.1) is 12.5 Å². The Bertz CT molecular complexity index is 1100. The molecule has 0 spiro atoms. The highest BCUT2D eigenvalue weighted by Gasteiger charge is 2.29. The van der Waals surface area contributed by atoms with Gasteiger partial charge in [0.2, 0.25) is 0 Å². The molecule has 0 bridgehead atoms. The first kappa shape index (κ1) is 20.9. The molecule has 0 aliphatic heterocycles. The Kier molecular flexibility index (Phi) is 5.91. The van der Waals surface area contributed by atoms with Crippen molar-refractivity contribution in [2.75, 3.05) is 6.61 Å². The van der Waals surface area contributed by atoms with Gasteiger partial charge < -0.3 is 15.2 Å². The van der Waals surface area contributed by atoms with Gasteiger partial charge in [0.25, 0.3) is 0 Å². The second-order valence-electron chi connectivity index (χ2n) is 7.29. The summed E-state index contributed by atoms with van der Waals surface area (Å²) in [5.41, 5.74) is 4.29. The number of fused-ring (bicyclic) bond motifs is 3. The molecule has 1 atom stereocenters. The quantitative estimate of drug-likeness (QED) is 0.529. The molecule has 3 aromatic carbocycles. The number of rotatable bonds is 6. The number of carboxylic acid groups (broad SMARTS) is 1. The van der Waals surface area contributed by atoms with Gasteiger partial charge in [0, 0.05) is 16.5 Å². The fraction of sp³-hybridized carbons (Fsp3) is 0.167. The zero-order valence-electron chi connectivity index (χ0n) is 16.3. The fourth-order valence-electron chi connectivity index (χ4n) is 3.98. The normalized spacial score (nSPS) is 13.2. The predicted octanol–water partition coefficient (Wildman–Crippen LogP) is 5.53. The molecule has 1 aliphatic carbocycles. The van der Waals surface area contributed by atoms with Gasteiger partial charge in [-0.25, -0.2) is 9.18 Å². The summed E-state index contributed by atoms with van der Waals surface area (Å²) in [5.74, 6) is -1.99. The molecule has 158 valence electrons. The summed E-state index contributed by atoms with van der Waals surface area (Å²) in [6.45, 7) is 0.0671. The number of nitrogens with one attached hydrogen (secondary N) is 1. The molecule has 2 N–H and O–H groups in total. The number of hydrogen-bond acceptors (Lipinski definition) is 3. The van der Waals surface area contributed by atoms with Gasteiger partial charge in [-0.15, -0.1) is 0 Å². The van der Waals surface area contributed by atoms with E-state index < -0.39 is 30.3 Å². The average molecular weight is 440 g/mol. The van der Waals surface area contributed by atoms with Crippen LogP contribution in [-0.2, 0) is 9.53 Å². The van der Waals surface area contributed by atoms with E-state index in [0.717, 1.165) is 28.3 Å². The van der Waals surface area contributed by atoms with Gasteiger partial charge in [-0.2, -0.15) is 0 Å². The molecule has 0 saturated heterocycles. The number of aliphatic carboxylic acids is 1. The van der Waals surface area contributed by atoms with Crippen molar-refractivity contribution in [1.29, 1.82) is 0 Å². The minimum Gasteiger partial charge on any atom is -0.481 e. The molecule has 4 rings (SSSR count). The van der Waals surface area contributed by atoms with Crippen LogP contribution in [0.1, 0.15) is 35.1 Å². The van der Waals surface area contributed by atoms with Crippen LogP contribution in [0.15, 0.2) is 66.7 Å². The van der Waals surface area contributed by atoms with E-state index in [1.807, 2.05) is 48.5 Å². The first-order valence-corrected chi connectivity index (χ1v) is 10.1. The lowest BCUT2D eigenvalue weighted by molar-refractivity contribution is -0.137. The molecule has 0 saturated carbocycles. The first-order valence-electron chi connectivity index (χ1n) is 9.72. The maximum absolute atomic E-state index is 14.2. The second-order valence-corrected chi connectivity index (χ2v) is 7.72. The molecule has 3 aromatic rings. The van der Waals surface area contributed by atoms with Gasteiger partial charge in [-0.3, -0.25) is 4.79 Å². The van der Waals surface area contributed by atoms with Crippen molar-refractivity contribution in [3.63, 3.8) is 0 Å². The van der Waals surface area contributed by atoms with Crippen LogP contribution in [0.4, 0.5) is 9.18 Å². The van der Waals surface area contributed by atoms with Crippen molar-refractivity contribution < 1.29 is 23.8 Å². The highest BCUT2D eigenvalue weighted by molar-refractivity contribution is 6.30. The van der Waals surface area contributed by atoms with E-state index in [1.165, 1.54) is 12.1 Å². The molecule has 0 unspecified atom stereocenters. The lowest BCUT2D eigenvalue weighted by Gasteiger charge is -2.20. The van der Waals surface area contributed by atoms with Crippen LogP contribution in [-0.4, -0.2) is 23.8 Å². The lowest BCUT2D eigenvalue weighted by Crippen LogP contribution is -2.32. The van der Waals surface area contributed by atoms with Gasteiger partial charge >= 0.3 is 12.1 Å². The van der Waals surface area contributed by atoms with E-state index in [4.69, 9.17) is 16.3 Å².